The van der Waals surface area contributed by atoms with E-state index >= 15 is 0 Å². The minimum Gasteiger partial charge on any atom is -0.348 e. The highest BCUT2D eigenvalue weighted by Crippen LogP contribution is 2.34. The lowest BCUT2D eigenvalue weighted by Gasteiger charge is -2.13. The van der Waals surface area contributed by atoms with Crippen molar-refractivity contribution in [3.8, 4) is 0 Å². The monoisotopic (exact) mass is 400 g/mol. The third-order valence-corrected chi connectivity index (χ3v) is 4.50. The zero-order chi connectivity index (χ0) is 20.8. The van der Waals surface area contributed by atoms with Gasteiger partial charge < -0.3 is 10.6 Å². The molecule has 0 saturated carbocycles. The van der Waals surface area contributed by atoms with E-state index in [0.717, 1.165) is 37.8 Å². The average molecular weight is 400 g/mol. The van der Waals surface area contributed by atoms with Crippen molar-refractivity contribution in [3.63, 3.8) is 0 Å². The van der Waals surface area contributed by atoms with E-state index < -0.39 is 29.2 Å². The summed E-state index contributed by atoms with van der Waals surface area (Å²) in [6.45, 7) is 2.54. The van der Waals surface area contributed by atoms with Crippen LogP contribution >= 0.6 is 0 Å². The highest BCUT2D eigenvalue weighted by Gasteiger charge is 2.33. The van der Waals surface area contributed by atoms with Gasteiger partial charge in [-0.15, -0.1) is 0 Å². The van der Waals surface area contributed by atoms with Gasteiger partial charge in [0.1, 0.15) is 0 Å². The first-order chi connectivity index (χ1) is 13.4. The quantitative estimate of drug-likeness (QED) is 0.350. The van der Waals surface area contributed by atoms with Crippen molar-refractivity contribution in [3.05, 3.63) is 29.8 Å². The average Bonchev–Trinajstić information content (AvgIpc) is 2.65. The topological polar surface area (TPSA) is 58.2 Å². The summed E-state index contributed by atoms with van der Waals surface area (Å²) in [5, 5.41) is 4.49. The summed E-state index contributed by atoms with van der Waals surface area (Å²) in [4.78, 5) is 23.6. The van der Waals surface area contributed by atoms with Gasteiger partial charge in [-0.05, 0) is 18.6 Å². The molecule has 0 unspecified atom stereocenters. The molecule has 1 aromatic rings. The highest BCUT2D eigenvalue weighted by atomic mass is 19.4. The SMILES string of the molecule is CCCCCCCCCCCCNC(=O)C(=O)Nc1ccccc1C(F)(F)F. The molecule has 0 atom stereocenters. The smallest absolute Gasteiger partial charge is 0.348 e. The number of benzene rings is 1. The first-order valence-corrected chi connectivity index (χ1v) is 10.1. The first-order valence-electron chi connectivity index (χ1n) is 10.1. The number of nitrogens with one attached hydrogen (secondary N) is 2. The van der Waals surface area contributed by atoms with E-state index in [4.69, 9.17) is 0 Å². The molecule has 0 radical (unpaired) electrons. The third kappa shape index (κ3) is 9.76. The lowest BCUT2D eigenvalue weighted by Crippen LogP contribution is -2.36. The van der Waals surface area contributed by atoms with Crippen molar-refractivity contribution in [2.24, 2.45) is 0 Å². The van der Waals surface area contributed by atoms with Crippen LogP contribution in [0.15, 0.2) is 24.3 Å². The van der Waals surface area contributed by atoms with E-state index in [9.17, 15) is 22.8 Å². The Balaban J connectivity index is 2.19. The Kier molecular flexibility index (Phi) is 11.3. The van der Waals surface area contributed by atoms with Crippen LogP contribution in [0.25, 0.3) is 0 Å². The predicted octanol–water partition coefficient (Wildman–Crippen LogP) is 5.68. The number of carbonyl (C=O) groups is 2. The molecule has 0 saturated heterocycles. The van der Waals surface area contributed by atoms with Crippen LogP contribution in [0.2, 0.25) is 0 Å². The molecule has 0 heterocycles. The van der Waals surface area contributed by atoms with E-state index in [2.05, 4.69) is 12.2 Å². The summed E-state index contributed by atoms with van der Waals surface area (Å²) in [7, 11) is 0. The molecule has 28 heavy (non-hydrogen) atoms. The Labute approximate surface area is 165 Å². The summed E-state index contributed by atoms with van der Waals surface area (Å²) in [6, 6.07) is 4.57. The zero-order valence-corrected chi connectivity index (χ0v) is 16.5. The molecule has 158 valence electrons. The number of hydrogen-bond donors (Lipinski definition) is 2. The van der Waals surface area contributed by atoms with Gasteiger partial charge in [-0.2, -0.15) is 13.2 Å². The van der Waals surface area contributed by atoms with E-state index in [1.54, 1.807) is 0 Å². The molecular formula is C21H31F3N2O2. The molecule has 0 bridgehead atoms. The van der Waals surface area contributed by atoms with Crippen molar-refractivity contribution >= 4 is 17.5 Å². The molecule has 0 fully saturated rings. The highest BCUT2D eigenvalue weighted by molar-refractivity contribution is 6.39. The second-order valence-electron chi connectivity index (χ2n) is 6.94. The number of carbonyl (C=O) groups excluding carboxylic acids is 2. The molecule has 2 amide bonds. The van der Waals surface area contributed by atoms with E-state index in [1.165, 1.54) is 50.7 Å². The number of hydrogen-bond acceptors (Lipinski definition) is 2. The second-order valence-corrected chi connectivity index (χ2v) is 6.94. The van der Waals surface area contributed by atoms with Gasteiger partial charge in [0.05, 0.1) is 11.3 Å². The summed E-state index contributed by atoms with van der Waals surface area (Å²) in [5.74, 6) is -2.02. The Morgan fingerprint density at radius 3 is 1.93 bits per heavy atom. The predicted molar refractivity (Wildman–Crippen MR) is 105 cm³/mol. The fraction of sp³-hybridized carbons (Fsp3) is 0.619. The van der Waals surface area contributed by atoms with Crippen LogP contribution in [0.5, 0.6) is 0 Å². The maximum absolute atomic E-state index is 12.9. The summed E-state index contributed by atoms with van der Waals surface area (Å²) in [6.07, 6.45) is 6.96. The van der Waals surface area contributed by atoms with Crippen LogP contribution in [0.1, 0.15) is 76.7 Å². The lowest BCUT2D eigenvalue weighted by molar-refractivity contribution is -0.138. The van der Waals surface area contributed by atoms with Crippen LogP contribution < -0.4 is 10.6 Å². The maximum atomic E-state index is 12.9. The Morgan fingerprint density at radius 2 is 1.36 bits per heavy atom. The zero-order valence-electron chi connectivity index (χ0n) is 16.5. The number of anilines is 1. The fourth-order valence-corrected chi connectivity index (χ4v) is 2.91. The largest absolute Gasteiger partial charge is 0.418 e. The standard InChI is InChI=1S/C21H31F3N2O2/c1-2-3-4-5-6-7-8-9-10-13-16-25-19(27)20(28)26-18-15-12-11-14-17(18)21(22,23)24/h11-12,14-15H,2-10,13,16H2,1H3,(H,25,27)(H,26,28). The molecule has 7 heteroatoms. The normalized spacial score (nSPS) is 11.3. The summed E-state index contributed by atoms with van der Waals surface area (Å²) in [5.41, 5.74) is -1.40. The van der Waals surface area contributed by atoms with Crippen molar-refractivity contribution in [2.45, 2.75) is 77.3 Å². The van der Waals surface area contributed by atoms with Crippen LogP contribution in [-0.2, 0) is 15.8 Å². The van der Waals surface area contributed by atoms with Gasteiger partial charge in [0.15, 0.2) is 0 Å². The molecule has 4 nitrogen and oxygen atoms in total. The van der Waals surface area contributed by atoms with E-state index in [0.29, 0.717) is 6.54 Å². The number of halogens is 3. The molecule has 0 spiro atoms. The molecule has 1 rings (SSSR count). The van der Waals surface area contributed by atoms with Crippen LogP contribution in [-0.4, -0.2) is 18.4 Å². The van der Waals surface area contributed by atoms with Crippen molar-refractivity contribution in [2.75, 3.05) is 11.9 Å². The van der Waals surface area contributed by atoms with Gasteiger partial charge in [0.2, 0.25) is 0 Å². The Morgan fingerprint density at radius 1 is 0.821 bits per heavy atom. The van der Waals surface area contributed by atoms with Gasteiger partial charge in [-0.25, -0.2) is 0 Å². The Hall–Kier alpha value is -2.05. The number of alkyl halides is 3. The van der Waals surface area contributed by atoms with E-state index in [1.807, 2.05) is 5.32 Å². The third-order valence-electron chi connectivity index (χ3n) is 4.50. The molecule has 2 N–H and O–H groups in total. The maximum Gasteiger partial charge on any atom is 0.418 e. The van der Waals surface area contributed by atoms with Crippen molar-refractivity contribution in [1.82, 2.24) is 5.32 Å². The van der Waals surface area contributed by atoms with Crippen molar-refractivity contribution in [1.29, 1.82) is 0 Å². The molecule has 0 aliphatic rings. The number of para-hydroxylation sites is 1. The van der Waals surface area contributed by atoms with Crippen LogP contribution in [0.4, 0.5) is 18.9 Å². The molecule has 0 aliphatic carbocycles. The molecule has 0 aromatic heterocycles. The minimum atomic E-state index is -4.60. The van der Waals surface area contributed by atoms with E-state index in [-0.39, 0.29) is 0 Å². The fourth-order valence-electron chi connectivity index (χ4n) is 2.91. The molecule has 1 aromatic carbocycles. The Bertz CT molecular complexity index is 604. The number of unbranched alkanes of at least 4 members (excludes halogenated alkanes) is 9. The first kappa shape index (κ1) is 24.0. The molecular weight excluding hydrogens is 369 g/mol. The number of rotatable bonds is 12. The number of amides is 2. The van der Waals surface area contributed by atoms with Crippen LogP contribution in [0.3, 0.4) is 0 Å². The van der Waals surface area contributed by atoms with Gasteiger partial charge >= 0.3 is 18.0 Å². The van der Waals surface area contributed by atoms with Crippen molar-refractivity contribution < 1.29 is 22.8 Å². The molecule has 0 aliphatic heterocycles. The van der Waals surface area contributed by atoms with Gasteiger partial charge in [0.25, 0.3) is 0 Å². The lowest BCUT2D eigenvalue weighted by atomic mass is 10.1. The van der Waals surface area contributed by atoms with Crippen LogP contribution in [0, 0.1) is 0 Å². The minimum absolute atomic E-state index is 0.337. The second kappa shape index (κ2) is 13.2. The van der Waals surface area contributed by atoms with Gasteiger partial charge in [-0.1, -0.05) is 76.8 Å². The van der Waals surface area contributed by atoms with Gasteiger partial charge in [-0.3, -0.25) is 9.59 Å². The van der Waals surface area contributed by atoms with Gasteiger partial charge in [0, 0.05) is 6.54 Å². The summed E-state index contributed by atoms with van der Waals surface area (Å²) >= 11 is 0. The summed E-state index contributed by atoms with van der Waals surface area (Å²) < 4.78 is 38.7.